The van der Waals surface area contributed by atoms with Gasteiger partial charge >= 0.3 is 5.97 Å². The summed E-state index contributed by atoms with van der Waals surface area (Å²) < 4.78 is 10.5. The van der Waals surface area contributed by atoms with Gasteiger partial charge in [-0.1, -0.05) is 63.2 Å². The first-order valence-corrected chi connectivity index (χ1v) is 7.53. The molecule has 2 aromatic carbocycles. The highest BCUT2D eigenvalue weighted by atomic mass is 16.7. The summed E-state index contributed by atoms with van der Waals surface area (Å²) in [6.07, 6.45) is 1.68. The van der Waals surface area contributed by atoms with Crippen molar-refractivity contribution >= 4 is 12.0 Å². The fourth-order valence-corrected chi connectivity index (χ4v) is 2.07. The van der Waals surface area contributed by atoms with Gasteiger partial charge in [0.15, 0.2) is 0 Å². The molecule has 0 bridgehead atoms. The van der Waals surface area contributed by atoms with Crippen molar-refractivity contribution in [3.63, 3.8) is 0 Å². The number of carbonyl (C=O) groups excluding carboxylic acids is 1. The van der Waals surface area contributed by atoms with Gasteiger partial charge in [-0.15, -0.1) is 0 Å². The topological polar surface area (TPSA) is 35.5 Å². The van der Waals surface area contributed by atoms with Crippen LogP contribution >= 0.6 is 0 Å². The Labute approximate surface area is 137 Å². The molecule has 0 heterocycles. The van der Waals surface area contributed by atoms with E-state index in [4.69, 9.17) is 9.47 Å². The molecule has 0 aliphatic heterocycles. The summed E-state index contributed by atoms with van der Waals surface area (Å²) in [5.74, 6) is -0.268. The van der Waals surface area contributed by atoms with Crippen LogP contribution in [0.15, 0.2) is 60.5 Å². The van der Waals surface area contributed by atoms with Gasteiger partial charge in [-0.2, -0.15) is 0 Å². The summed E-state index contributed by atoms with van der Waals surface area (Å²) in [7, 11) is 1.48. The minimum atomic E-state index is -0.436. The first kappa shape index (κ1) is 16.8. The highest BCUT2D eigenvalue weighted by Crippen LogP contribution is 2.22. The Morgan fingerprint density at radius 3 is 2.09 bits per heavy atom. The molecule has 0 saturated carbocycles. The third-order valence-electron chi connectivity index (χ3n) is 3.47. The van der Waals surface area contributed by atoms with Crippen molar-refractivity contribution in [2.24, 2.45) is 0 Å². The number of methoxy groups -OCH3 is 1. The van der Waals surface area contributed by atoms with Crippen LogP contribution in [-0.2, 0) is 14.9 Å². The molecule has 0 aromatic heterocycles. The molecule has 23 heavy (non-hydrogen) atoms. The molecule has 3 heteroatoms. The van der Waals surface area contributed by atoms with E-state index in [1.807, 2.05) is 42.5 Å². The van der Waals surface area contributed by atoms with E-state index in [0.717, 1.165) is 5.56 Å². The van der Waals surface area contributed by atoms with Crippen LogP contribution in [0.4, 0.5) is 0 Å². The van der Waals surface area contributed by atoms with Crippen LogP contribution in [0.5, 0.6) is 0 Å². The average Bonchev–Trinajstić information content (AvgIpc) is 2.54. The van der Waals surface area contributed by atoms with Gasteiger partial charge in [0.2, 0.25) is 0 Å². The van der Waals surface area contributed by atoms with Crippen LogP contribution in [0.3, 0.4) is 0 Å². The summed E-state index contributed by atoms with van der Waals surface area (Å²) >= 11 is 0. The Balaban J connectivity index is 2.12. The van der Waals surface area contributed by atoms with Crippen molar-refractivity contribution in [2.75, 3.05) is 7.11 Å². The van der Waals surface area contributed by atoms with E-state index in [2.05, 4.69) is 20.8 Å². The zero-order valence-electron chi connectivity index (χ0n) is 14.0. The van der Waals surface area contributed by atoms with Crippen LogP contribution in [0.1, 0.15) is 42.3 Å². The Morgan fingerprint density at radius 2 is 1.57 bits per heavy atom. The second kappa shape index (κ2) is 7.14. The minimum absolute atomic E-state index is 0.0489. The van der Waals surface area contributed by atoms with E-state index in [1.54, 1.807) is 18.2 Å². The fourth-order valence-electron chi connectivity index (χ4n) is 2.07. The van der Waals surface area contributed by atoms with E-state index < -0.39 is 5.97 Å². The van der Waals surface area contributed by atoms with Gasteiger partial charge in [0, 0.05) is 6.08 Å². The molecular formula is C20H22O3. The van der Waals surface area contributed by atoms with Gasteiger partial charge in [0.25, 0.3) is 5.95 Å². The quantitative estimate of drug-likeness (QED) is 0.602. The normalized spacial score (nSPS) is 11.9. The SMILES string of the molecule is COC(=Cc1ccccc1)OC(=O)c1ccc(C(C)(C)C)cc1. The first-order chi connectivity index (χ1) is 10.9. The maximum absolute atomic E-state index is 12.2. The standard InChI is InChI=1S/C20H22O3/c1-20(2,3)17-12-10-16(11-13-17)19(21)23-18(22-4)14-15-8-6-5-7-9-15/h5-14H,1-4H3. The van der Waals surface area contributed by atoms with Crippen molar-refractivity contribution in [1.82, 2.24) is 0 Å². The Bertz CT molecular complexity index is 677. The summed E-state index contributed by atoms with van der Waals surface area (Å²) in [6, 6.07) is 17.0. The van der Waals surface area contributed by atoms with Crippen molar-refractivity contribution in [3.8, 4) is 0 Å². The molecule has 0 radical (unpaired) electrons. The lowest BCUT2D eigenvalue weighted by atomic mass is 9.87. The van der Waals surface area contributed by atoms with Crippen LogP contribution in [0, 0.1) is 0 Å². The van der Waals surface area contributed by atoms with Gasteiger partial charge in [-0.05, 0) is 28.7 Å². The molecule has 3 nitrogen and oxygen atoms in total. The van der Waals surface area contributed by atoms with Gasteiger partial charge in [-0.3, -0.25) is 0 Å². The number of ether oxygens (including phenoxy) is 2. The van der Waals surface area contributed by atoms with Gasteiger partial charge in [-0.25, -0.2) is 4.79 Å². The number of esters is 1. The van der Waals surface area contributed by atoms with E-state index in [0.29, 0.717) is 5.56 Å². The highest BCUT2D eigenvalue weighted by Gasteiger charge is 2.15. The van der Waals surface area contributed by atoms with Crippen LogP contribution in [0.2, 0.25) is 0 Å². The predicted molar refractivity (Wildman–Crippen MR) is 92.0 cm³/mol. The summed E-state index contributed by atoms with van der Waals surface area (Å²) in [5.41, 5.74) is 2.61. The molecule has 0 saturated heterocycles. The Morgan fingerprint density at radius 1 is 0.957 bits per heavy atom. The molecule has 120 valence electrons. The minimum Gasteiger partial charge on any atom is -0.468 e. The summed E-state index contributed by atoms with van der Waals surface area (Å²) in [4.78, 5) is 12.2. The van der Waals surface area contributed by atoms with Gasteiger partial charge < -0.3 is 9.47 Å². The summed E-state index contributed by atoms with van der Waals surface area (Å²) in [6.45, 7) is 6.39. The van der Waals surface area contributed by atoms with E-state index in [-0.39, 0.29) is 11.4 Å². The molecule has 0 fully saturated rings. The fraction of sp³-hybridized carbons (Fsp3) is 0.250. The average molecular weight is 310 g/mol. The van der Waals surface area contributed by atoms with Crippen LogP contribution in [0.25, 0.3) is 6.08 Å². The lowest BCUT2D eigenvalue weighted by Crippen LogP contribution is -2.12. The summed E-state index contributed by atoms with van der Waals surface area (Å²) in [5, 5.41) is 0. The van der Waals surface area contributed by atoms with Crippen LogP contribution < -0.4 is 0 Å². The zero-order chi connectivity index (χ0) is 16.9. The number of rotatable bonds is 4. The van der Waals surface area contributed by atoms with E-state index >= 15 is 0 Å². The molecule has 0 spiro atoms. The second-order valence-corrected chi connectivity index (χ2v) is 6.30. The van der Waals surface area contributed by atoms with E-state index in [9.17, 15) is 4.79 Å². The molecule has 0 N–H and O–H groups in total. The third-order valence-corrected chi connectivity index (χ3v) is 3.47. The first-order valence-electron chi connectivity index (χ1n) is 7.53. The molecular weight excluding hydrogens is 288 g/mol. The molecule has 2 rings (SSSR count). The van der Waals surface area contributed by atoms with Crippen molar-refractivity contribution in [2.45, 2.75) is 26.2 Å². The monoisotopic (exact) mass is 310 g/mol. The molecule has 0 unspecified atom stereocenters. The maximum atomic E-state index is 12.2. The second-order valence-electron chi connectivity index (χ2n) is 6.30. The number of hydrogen-bond acceptors (Lipinski definition) is 3. The highest BCUT2D eigenvalue weighted by molar-refractivity contribution is 5.90. The van der Waals surface area contributed by atoms with Crippen molar-refractivity contribution in [3.05, 3.63) is 77.2 Å². The zero-order valence-corrected chi connectivity index (χ0v) is 14.0. The molecule has 0 amide bonds. The lowest BCUT2D eigenvalue weighted by Gasteiger charge is -2.18. The largest absolute Gasteiger partial charge is 0.468 e. The lowest BCUT2D eigenvalue weighted by molar-refractivity contribution is 0.0376. The van der Waals surface area contributed by atoms with Gasteiger partial charge in [0.05, 0.1) is 12.7 Å². The number of hydrogen-bond donors (Lipinski definition) is 0. The number of benzene rings is 2. The smallest absolute Gasteiger partial charge is 0.345 e. The predicted octanol–water partition coefficient (Wildman–Crippen LogP) is 4.79. The molecule has 0 aliphatic carbocycles. The Hall–Kier alpha value is -2.55. The molecule has 0 atom stereocenters. The number of carbonyl (C=O) groups is 1. The Kier molecular flexibility index (Phi) is 5.22. The van der Waals surface area contributed by atoms with Gasteiger partial charge in [0.1, 0.15) is 0 Å². The third kappa shape index (κ3) is 4.71. The van der Waals surface area contributed by atoms with Crippen LogP contribution in [-0.4, -0.2) is 13.1 Å². The van der Waals surface area contributed by atoms with Crippen molar-refractivity contribution < 1.29 is 14.3 Å². The maximum Gasteiger partial charge on any atom is 0.345 e. The van der Waals surface area contributed by atoms with E-state index in [1.165, 1.54) is 12.7 Å². The molecule has 2 aromatic rings. The van der Waals surface area contributed by atoms with Crippen molar-refractivity contribution in [1.29, 1.82) is 0 Å². The molecule has 0 aliphatic rings.